The van der Waals surface area contributed by atoms with E-state index in [4.69, 9.17) is 16.3 Å². The number of benzene rings is 1. The normalized spacial score (nSPS) is 15.4. The zero-order valence-corrected chi connectivity index (χ0v) is 13.9. The van der Waals surface area contributed by atoms with E-state index < -0.39 is 0 Å². The van der Waals surface area contributed by atoms with Crippen LogP contribution in [0.25, 0.3) is 0 Å². The van der Waals surface area contributed by atoms with Gasteiger partial charge in [-0.2, -0.15) is 0 Å². The van der Waals surface area contributed by atoms with E-state index in [-0.39, 0.29) is 0 Å². The number of ether oxygens (including phenoxy) is 1. The summed E-state index contributed by atoms with van der Waals surface area (Å²) in [5.41, 5.74) is 2.53. The van der Waals surface area contributed by atoms with Crippen molar-refractivity contribution in [1.82, 2.24) is 5.32 Å². The molecule has 0 aliphatic carbocycles. The van der Waals surface area contributed by atoms with E-state index in [9.17, 15) is 0 Å². The van der Waals surface area contributed by atoms with Gasteiger partial charge in [0.2, 0.25) is 0 Å². The summed E-state index contributed by atoms with van der Waals surface area (Å²) in [5.74, 6) is 2.36. The van der Waals surface area contributed by atoms with Crippen molar-refractivity contribution < 1.29 is 4.74 Å². The molecular formula is C15H21BrClNO. The van der Waals surface area contributed by atoms with Crippen LogP contribution in [0.1, 0.15) is 31.4 Å². The Morgan fingerprint density at radius 3 is 2.89 bits per heavy atom. The first kappa shape index (κ1) is 15.1. The zero-order valence-electron chi connectivity index (χ0n) is 11.5. The van der Waals surface area contributed by atoms with Crippen molar-refractivity contribution in [3.8, 4) is 5.75 Å². The molecular weight excluding hydrogens is 326 g/mol. The standard InChI is InChI=1S/C15H21BrClNO/c1-10(2)5-14(8-17)18-9-12-7-13(16)6-11-3-4-19-15(11)12/h6-7,10,14,18H,3-5,8-9H2,1-2H3. The summed E-state index contributed by atoms with van der Waals surface area (Å²) < 4.78 is 6.86. The quantitative estimate of drug-likeness (QED) is 0.782. The molecule has 1 heterocycles. The highest BCUT2D eigenvalue weighted by atomic mass is 79.9. The third-order valence-corrected chi connectivity index (χ3v) is 4.18. The van der Waals surface area contributed by atoms with Gasteiger partial charge < -0.3 is 10.1 Å². The van der Waals surface area contributed by atoms with Crippen LogP contribution in [0.15, 0.2) is 16.6 Å². The molecule has 2 rings (SSSR count). The van der Waals surface area contributed by atoms with E-state index in [2.05, 4.69) is 47.2 Å². The maximum absolute atomic E-state index is 6.02. The molecule has 0 amide bonds. The number of nitrogens with one attached hydrogen (secondary N) is 1. The first-order valence-electron chi connectivity index (χ1n) is 6.83. The lowest BCUT2D eigenvalue weighted by molar-refractivity contribution is 0.350. The summed E-state index contributed by atoms with van der Waals surface area (Å²) >= 11 is 9.59. The van der Waals surface area contributed by atoms with Crippen LogP contribution in [0.2, 0.25) is 0 Å². The van der Waals surface area contributed by atoms with Crippen LogP contribution >= 0.6 is 27.5 Å². The molecule has 0 fully saturated rings. The van der Waals surface area contributed by atoms with Crippen LogP contribution < -0.4 is 10.1 Å². The van der Waals surface area contributed by atoms with Gasteiger partial charge in [-0.15, -0.1) is 11.6 Å². The Bertz CT molecular complexity index is 436. The van der Waals surface area contributed by atoms with E-state index in [1.54, 1.807) is 0 Å². The molecule has 106 valence electrons. The number of rotatable bonds is 6. The Kier molecular flexibility index (Phi) is 5.55. The fraction of sp³-hybridized carbons (Fsp3) is 0.600. The van der Waals surface area contributed by atoms with Crippen molar-refractivity contribution >= 4 is 27.5 Å². The first-order chi connectivity index (χ1) is 9.10. The lowest BCUT2D eigenvalue weighted by Crippen LogP contribution is -2.31. The van der Waals surface area contributed by atoms with Crippen LogP contribution in [0, 0.1) is 5.92 Å². The summed E-state index contributed by atoms with van der Waals surface area (Å²) in [6.07, 6.45) is 2.10. The topological polar surface area (TPSA) is 21.3 Å². The summed E-state index contributed by atoms with van der Waals surface area (Å²) in [7, 11) is 0. The average Bonchev–Trinajstić information content (AvgIpc) is 2.81. The van der Waals surface area contributed by atoms with Gasteiger partial charge in [-0.1, -0.05) is 29.8 Å². The molecule has 19 heavy (non-hydrogen) atoms. The van der Waals surface area contributed by atoms with Crippen LogP contribution in [0.3, 0.4) is 0 Å². The molecule has 0 aromatic heterocycles. The molecule has 0 saturated carbocycles. The number of hydrogen-bond acceptors (Lipinski definition) is 2. The summed E-state index contributed by atoms with van der Waals surface area (Å²) in [6.45, 7) is 6.05. The van der Waals surface area contributed by atoms with Gasteiger partial charge in [0.1, 0.15) is 5.75 Å². The van der Waals surface area contributed by atoms with Gasteiger partial charge in [-0.05, 0) is 30.0 Å². The third kappa shape index (κ3) is 4.11. The van der Waals surface area contributed by atoms with Crippen molar-refractivity contribution in [2.75, 3.05) is 12.5 Å². The number of hydrogen-bond donors (Lipinski definition) is 1. The summed E-state index contributed by atoms with van der Waals surface area (Å²) in [5, 5.41) is 3.54. The van der Waals surface area contributed by atoms with E-state index in [0.29, 0.717) is 17.8 Å². The molecule has 1 aromatic carbocycles. The molecule has 1 atom stereocenters. The van der Waals surface area contributed by atoms with Crippen molar-refractivity contribution in [2.24, 2.45) is 5.92 Å². The average molecular weight is 347 g/mol. The van der Waals surface area contributed by atoms with Crippen LogP contribution in [-0.4, -0.2) is 18.5 Å². The summed E-state index contributed by atoms with van der Waals surface area (Å²) in [6, 6.07) is 4.65. The van der Waals surface area contributed by atoms with Crippen molar-refractivity contribution in [1.29, 1.82) is 0 Å². The molecule has 4 heteroatoms. The molecule has 1 N–H and O–H groups in total. The minimum absolute atomic E-state index is 0.359. The molecule has 0 saturated heterocycles. The molecule has 0 spiro atoms. The van der Waals surface area contributed by atoms with Gasteiger partial charge >= 0.3 is 0 Å². The fourth-order valence-corrected chi connectivity index (χ4v) is 3.29. The second-order valence-electron chi connectivity index (χ2n) is 5.51. The molecule has 1 unspecified atom stereocenters. The Morgan fingerprint density at radius 2 is 2.21 bits per heavy atom. The Morgan fingerprint density at radius 1 is 1.42 bits per heavy atom. The van der Waals surface area contributed by atoms with Crippen molar-refractivity contribution in [3.63, 3.8) is 0 Å². The molecule has 0 radical (unpaired) electrons. The second kappa shape index (κ2) is 6.96. The number of alkyl halides is 1. The highest BCUT2D eigenvalue weighted by Crippen LogP contribution is 2.33. The highest BCUT2D eigenvalue weighted by Gasteiger charge is 2.18. The molecule has 0 bridgehead atoms. The molecule has 1 aliphatic rings. The first-order valence-corrected chi connectivity index (χ1v) is 8.16. The van der Waals surface area contributed by atoms with E-state index in [1.165, 1.54) is 11.1 Å². The second-order valence-corrected chi connectivity index (χ2v) is 6.74. The van der Waals surface area contributed by atoms with E-state index in [1.807, 2.05) is 0 Å². The lowest BCUT2D eigenvalue weighted by atomic mass is 10.0. The van der Waals surface area contributed by atoms with Crippen LogP contribution in [0.5, 0.6) is 5.75 Å². The van der Waals surface area contributed by atoms with Gasteiger partial charge in [-0.25, -0.2) is 0 Å². The number of halogens is 2. The zero-order chi connectivity index (χ0) is 13.8. The predicted molar refractivity (Wildman–Crippen MR) is 84.1 cm³/mol. The Balaban J connectivity index is 2.03. The molecule has 1 aromatic rings. The maximum Gasteiger partial charge on any atom is 0.127 e. The molecule has 1 aliphatic heterocycles. The van der Waals surface area contributed by atoms with Gasteiger partial charge in [0.25, 0.3) is 0 Å². The Hall–Kier alpha value is -0.250. The van der Waals surface area contributed by atoms with Crippen LogP contribution in [0.4, 0.5) is 0 Å². The van der Waals surface area contributed by atoms with Gasteiger partial charge in [0.15, 0.2) is 0 Å². The van der Waals surface area contributed by atoms with Gasteiger partial charge in [0, 0.05) is 34.9 Å². The van der Waals surface area contributed by atoms with Gasteiger partial charge in [0.05, 0.1) is 6.61 Å². The monoisotopic (exact) mass is 345 g/mol. The van der Waals surface area contributed by atoms with Crippen molar-refractivity contribution in [3.05, 3.63) is 27.7 Å². The van der Waals surface area contributed by atoms with Crippen molar-refractivity contribution in [2.45, 2.75) is 39.3 Å². The number of fused-ring (bicyclic) bond motifs is 1. The van der Waals surface area contributed by atoms with Gasteiger partial charge in [-0.3, -0.25) is 0 Å². The SMILES string of the molecule is CC(C)CC(CCl)NCc1cc(Br)cc2c1OCC2. The summed E-state index contributed by atoms with van der Waals surface area (Å²) in [4.78, 5) is 0. The smallest absolute Gasteiger partial charge is 0.127 e. The largest absolute Gasteiger partial charge is 0.493 e. The van der Waals surface area contributed by atoms with Crippen LogP contribution in [-0.2, 0) is 13.0 Å². The third-order valence-electron chi connectivity index (χ3n) is 3.35. The highest BCUT2D eigenvalue weighted by molar-refractivity contribution is 9.10. The minimum atomic E-state index is 0.359. The maximum atomic E-state index is 6.02. The minimum Gasteiger partial charge on any atom is -0.493 e. The lowest BCUT2D eigenvalue weighted by Gasteiger charge is -2.19. The van der Waals surface area contributed by atoms with E-state index >= 15 is 0 Å². The Labute approximate surface area is 129 Å². The fourth-order valence-electron chi connectivity index (χ4n) is 2.50. The van der Waals surface area contributed by atoms with E-state index in [0.717, 1.165) is 36.2 Å². The molecule has 2 nitrogen and oxygen atoms in total. The predicted octanol–water partition coefficient (Wildman–Crippen LogP) is 4.13.